The van der Waals surface area contributed by atoms with Crippen LogP contribution in [0.15, 0.2) is 24.3 Å². The van der Waals surface area contributed by atoms with Crippen LogP contribution in [0.4, 0.5) is 14.9 Å². The first-order chi connectivity index (χ1) is 11.9. The molecule has 0 spiro atoms. The average Bonchev–Trinajstić information content (AvgIpc) is 2.86. The van der Waals surface area contributed by atoms with Gasteiger partial charge in [0.2, 0.25) is 5.91 Å². The molecule has 1 saturated heterocycles. The Morgan fingerprint density at radius 3 is 2.80 bits per heavy atom. The van der Waals surface area contributed by atoms with Crippen LogP contribution in [0.1, 0.15) is 19.8 Å². The number of rotatable bonds is 7. The molecule has 1 aromatic rings. The van der Waals surface area contributed by atoms with Crippen LogP contribution in [0.3, 0.4) is 0 Å². The standard InChI is InChI=1S/C16H18FN3O5/c1-10(15(23)19-12-5-2-4-11(17)8-12)25-14(22)6-3-7-20-13(21)9-18-16(20)24/h2,4-5,8,10H,3,6-7,9H2,1H3,(H,18,24)(H,19,23)/t10-/m0/s1. The second-order valence-corrected chi connectivity index (χ2v) is 5.44. The highest BCUT2D eigenvalue weighted by Gasteiger charge is 2.28. The maximum absolute atomic E-state index is 13.1. The predicted octanol–water partition coefficient (Wildman–Crippen LogP) is 1.03. The molecule has 0 radical (unpaired) electrons. The Bertz CT molecular complexity index is 678. The van der Waals surface area contributed by atoms with Gasteiger partial charge in [-0.1, -0.05) is 6.07 Å². The second-order valence-electron chi connectivity index (χ2n) is 5.44. The molecule has 1 atom stereocenters. The monoisotopic (exact) mass is 351 g/mol. The SMILES string of the molecule is C[C@H](OC(=O)CCCN1C(=O)CNC1=O)C(=O)Nc1cccc(F)c1. The largest absolute Gasteiger partial charge is 0.453 e. The Balaban J connectivity index is 1.73. The molecule has 0 aromatic heterocycles. The van der Waals surface area contributed by atoms with Gasteiger partial charge in [0.1, 0.15) is 5.82 Å². The number of urea groups is 1. The topological polar surface area (TPSA) is 105 Å². The zero-order valence-corrected chi connectivity index (χ0v) is 13.6. The molecule has 1 aliphatic heterocycles. The van der Waals surface area contributed by atoms with Crippen LogP contribution in [-0.4, -0.2) is 47.9 Å². The molecule has 8 nitrogen and oxygen atoms in total. The number of hydrogen-bond donors (Lipinski definition) is 2. The molecule has 1 fully saturated rings. The zero-order chi connectivity index (χ0) is 18.4. The number of esters is 1. The van der Waals surface area contributed by atoms with E-state index in [-0.39, 0.29) is 37.5 Å². The first-order valence-electron chi connectivity index (χ1n) is 7.71. The van der Waals surface area contributed by atoms with Crippen LogP contribution in [0.5, 0.6) is 0 Å². The number of benzene rings is 1. The number of amides is 4. The van der Waals surface area contributed by atoms with Gasteiger partial charge in [-0.15, -0.1) is 0 Å². The van der Waals surface area contributed by atoms with Gasteiger partial charge in [0, 0.05) is 18.7 Å². The van der Waals surface area contributed by atoms with Crippen LogP contribution in [0.25, 0.3) is 0 Å². The third-order valence-electron chi connectivity index (χ3n) is 3.47. The summed E-state index contributed by atoms with van der Waals surface area (Å²) in [4.78, 5) is 47.4. The summed E-state index contributed by atoms with van der Waals surface area (Å²) in [5.41, 5.74) is 0.256. The van der Waals surface area contributed by atoms with E-state index in [0.717, 1.165) is 11.0 Å². The van der Waals surface area contributed by atoms with Crippen molar-refractivity contribution in [3.8, 4) is 0 Å². The van der Waals surface area contributed by atoms with E-state index in [1.54, 1.807) is 0 Å². The number of carbonyl (C=O) groups excluding carboxylic acids is 4. The van der Waals surface area contributed by atoms with Crippen LogP contribution in [-0.2, 0) is 19.1 Å². The van der Waals surface area contributed by atoms with Crippen molar-refractivity contribution in [3.05, 3.63) is 30.1 Å². The van der Waals surface area contributed by atoms with Crippen molar-refractivity contribution < 1.29 is 28.3 Å². The Kier molecular flexibility index (Phi) is 6.04. The van der Waals surface area contributed by atoms with E-state index < -0.39 is 29.8 Å². The van der Waals surface area contributed by atoms with Crippen LogP contribution < -0.4 is 10.6 Å². The van der Waals surface area contributed by atoms with Crippen molar-refractivity contribution in [1.29, 1.82) is 0 Å². The molecule has 0 saturated carbocycles. The lowest BCUT2D eigenvalue weighted by Crippen LogP contribution is -2.33. The molecule has 25 heavy (non-hydrogen) atoms. The first kappa shape index (κ1) is 18.4. The van der Waals surface area contributed by atoms with E-state index in [0.29, 0.717) is 0 Å². The number of ether oxygens (including phenoxy) is 1. The van der Waals surface area contributed by atoms with Crippen molar-refractivity contribution in [2.24, 2.45) is 0 Å². The third kappa shape index (κ3) is 5.27. The van der Waals surface area contributed by atoms with E-state index in [4.69, 9.17) is 4.74 Å². The average molecular weight is 351 g/mol. The van der Waals surface area contributed by atoms with Crippen LogP contribution in [0.2, 0.25) is 0 Å². The van der Waals surface area contributed by atoms with E-state index in [1.165, 1.54) is 25.1 Å². The normalized spacial score (nSPS) is 14.9. The molecule has 0 aliphatic carbocycles. The molecule has 134 valence electrons. The lowest BCUT2D eigenvalue weighted by atomic mass is 10.2. The van der Waals surface area contributed by atoms with Crippen LogP contribution in [0, 0.1) is 5.82 Å². The predicted molar refractivity (Wildman–Crippen MR) is 84.9 cm³/mol. The molecule has 0 bridgehead atoms. The summed E-state index contributed by atoms with van der Waals surface area (Å²) in [6, 6.07) is 4.85. The molecule has 1 heterocycles. The van der Waals surface area contributed by atoms with Gasteiger partial charge in [-0.05, 0) is 31.5 Å². The third-order valence-corrected chi connectivity index (χ3v) is 3.47. The smallest absolute Gasteiger partial charge is 0.324 e. The number of nitrogens with zero attached hydrogens (tertiary/aromatic N) is 1. The first-order valence-corrected chi connectivity index (χ1v) is 7.71. The summed E-state index contributed by atoms with van der Waals surface area (Å²) in [7, 11) is 0. The summed E-state index contributed by atoms with van der Waals surface area (Å²) in [5.74, 6) is -2.06. The molecular formula is C16H18FN3O5. The van der Waals surface area contributed by atoms with Gasteiger partial charge in [-0.3, -0.25) is 19.3 Å². The van der Waals surface area contributed by atoms with Crippen molar-refractivity contribution in [2.45, 2.75) is 25.9 Å². The highest BCUT2D eigenvalue weighted by Crippen LogP contribution is 2.10. The van der Waals surface area contributed by atoms with Gasteiger partial charge in [0.05, 0.1) is 6.54 Å². The molecule has 1 aromatic carbocycles. The van der Waals surface area contributed by atoms with E-state index in [2.05, 4.69) is 10.6 Å². The maximum Gasteiger partial charge on any atom is 0.324 e. The van der Waals surface area contributed by atoms with Gasteiger partial charge in [0.25, 0.3) is 5.91 Å². The number of carbonyl (C=O) groups is 4. The van der Waals surface area contributed by atoms with Crippen molar-refractivity contribution >= 4 is 29.5 Å². The van der Waals surface area contributed by atoms with Crippen LogP contribution >= 0.6 is 0 Å². The van der Waals surface area contributed by atoms with E-state index >= 15 is 0 Å². The number of nitrogens with one attached hydrogen (secondary N) is 2. The Hall–Kier alpha value is -2.97. The molecule has 9 heteroatoms. The quantitative estimate of drug-likeness (QED) is 0.564. The lowest BCUT2D eigenvalue weighted by molar-refractivity contribution is -0.153. The summed E-state index contributed by atoms with van der Waals surface area (Å²) >= 11 is 0. The molecule has 2 N–H and O–H groups in total. The minimum atomic E-state index is -1.06. The molecule has 4 amide bonds. The number of halogens is 1. The van der Waals surface area contributed by atoms with Gasteiger partial charge in [0.15, 0.2) is 6.10 Å². The molecular weight excluding hydrogens is 333 g/mol. The molecule has 0 unspecified atom stereocenters. The van der Waals surface area contributed by atoms with Gasteiger partial charge >= 0.3 is 12.0 Å². The van der Waals surface area contributed by atoms with Crippen molar-refractivity contribution in [3.63, 3.8) is 0 Å². The van der Waals surface area contributed by atoms with Gasteiger partial charge in [-0.25, -0.2) is 9.18 Å². The number of hydrogen-bond acceptors (Lipinski definition) is 5. The molecule has 1 aliphatic rings. The number of anilines is 1. The summed E-state index contributed by atoms with van der Waals surface area (Å²) < 4.78 is 18.0. The fraction of sp³-hybridized carbons (Fsp3) is 0.375. The van der Waals surface area contributed by atoms with Crippen molar-refractivity contribution in [1.82, 2.24) is 10.2 Å². The lowest BCUT2D eigenvalue weighted by Gasteiger charge is -2.15. The fourth-order valence-corrected chi connectivity index (χ4v) is 2.18. The van der Waals surface area contributed by atoms with Gasteiger partial charge in [-0.2, -0.15) is 0 Å². The summed E-state index contributed by atoms with van der Waals surface area (Å²) in [6.07, 6.45) is -0.877. The Labute approximate surface area is 143 Å². The fourth-order valence-electron chi connectivity index (χ4n) is 2.18. The van der Waals surface area contributed by atoms with Crippen molar-refractivity contribution in [2.75, 3.05) is 18.4 Å². The summed E-state index contributed by atoms with van der Waals surface area (Å²) in [6.45, 7) is 1.45. The second kappa shape index (κ2) is 8.22. The minimum Gasteiger partial charge on any atom is -0.453 e. The highest BCUT2D eigenvalue weighted by molar-refractivity contribution is 6.01. The minimum absolute atomic E-state index is 0.0411. The maximum atomic E-state index is 13.1. The van der Waals surface area contributed by atoms with E-state index in [1.807, 2.05) is 0 Å². The zero-order valence-electron chi connectivity index (χ0n) is 13.6. The number of imide groups is 1. The Morgan fingerprint density at radius 2 is 2.16 bits per heavy atom. The highest BCUT2D eigenvalue weighted by atomic mass is 19.1. The van der Waals surface area contributed by atoms with E-state index in [9.17, 15) is 23.6 Å². The molecule has 2 rings (SSSR count). The summed E-state index contributed by atoms with van der Waals surface area (Å²) in [5, 5.41) is 4.81. The van der Waals surface area contributed by atoms with Gasteiger partial charge < -0.3 is 15.4 Å². The Morgan fingerprint density at radius 1 is 1.40 bits per heavy atom.